The lowest BCUT2D eigenvalue weighted by Gasteiger charge is -2.41. The average molecular weight is 421 g/mol. The Balaban J connectivity index is 1.56. The smallest absolute Gasteiger partial charge is 0.0722 e. The third-order valence-electron chi connectivity index (χ3n) is 6.03. The number of piperazine rings is 1. The van der Waals surface area contributed by atoms with E-state index in [-0.39, 0.29) is 5.92 Å². The molecule has 152 valence electrons. The van der Waals surface area contributed by atoms with Crippen molar-refractivity contribution in [1.82, 2.24) is 4.90 Å². The summed E-state index contributed by atoms with van der Waals surface area (Å²) in [6.45, 7) is 9.10. The van der Waals surface area contributed by atoms with E-state index in [2.05, 4.69) is 29.7 Å². The number of halogens is 2. The minimum atomic E-state index is -0.710. The molecule has 0 amide bonds. The van der Waals surface area contributed by atoms with Gasteiger partial charge in [-0.05, 0) is 48.2 Å². The zero-order chi connectivity index (χ0) is 20.1. The Kier molecular flexibility index (Phi) is 7.27. The number of nitrogens with zero attached hydrogens (tertiary/aromatic N) is 2. The lowest BCUT2D eigenvalue weighted by molar-refractivity contribution is -0.0281. The molecule has 28 heavy (non-hydrogen) atoms. The molecule has 0 spiro atoms. The Morgan fingerprint density at radius 2 is 1.68 bits per heavy atom. The number of aliphatic hydroxyl groups is 1. The highest BCUT2D eigenvalue weighted by atomic mass is 35.5. The van der Waals surface area contributed by atoms with Gasteiger partial charge in [-0.2, -0.15) is 0 Å². The van der Waals surface area contributed by atoms with Crippen molar-refractivity contribution < 1.29 is 5.11 Å². The van der Waals surface area contributed by atoms with Crippen LogP contribution < -0.4 is 4.90 Å². The van der Waals surface area contributed by atoms with Crippen LogP contribution in [-0.2, 0) is 6.42 Å². The first-order valence-electron chi connectivity index (χ1n) is 10.1. The van der Waals surface area contributed by atoms with Gasteiger partial charge in [0.25, 0.3) is 0 Å². The zero-order valence-electron chi connectivity index (χ0n) is 16.7. The molecular weight excluding hydrogens is 391 g/mol. The molecule has 3 nitrogen and oxygen atoms in total. The van der Waals surface area contributed by atoms with Crippen molar-refractivity contribution in [3.63, 3.8) is 0 Å². The van der Waals surface area contributed by atoms with Crippen molar-refractivity contribution in [2.24, 2.45) is 5.92 Å². The van der Waals surface area contributed by atoms with Crippen LogP contribution in [0.15, 0.2) is 48.5 Å². The number of hydrogen-bond donors (Lipinski definition) is 1. The summed E-state index contributed by atoms with van der Waals surface area (Å²) >= 11 is 12.1. The Bertz CT molecular complexity index is 759. The maximum Gasteiger partial charge on any atom is 0.0722 e. The van der Waals surface area contributed by atoms with Gasteiger partial charge in [0.15, 0.2) is 0 Å². The van der Waals surface area contributed by atoms with Gasteiger partial charge in [-0.1, -0.05) is 55.2 Å². The molecule has 0 aromatic heterocycles. The fourth-order valence-corrected chi connectivity index (χ4v) is 4.33. The van der Waals surface area contributed by atoms with E-state index < -0.39 is 5.60 Å². The monoisotopic (exact) mass is 420 g/mol. The first kappa shape index (κ1) is 21.4. The third kappa shape index (κ3) is 5.42. The number of benzene rings is 2. The maximum absolute atomic E-state index is 11.3. The topological polar surface area (TPSA) is 26.7 Å². The number of rotatable bonds is 7. The Morgan fingerprint density at radius 3 is 2.29 bits per heavy atom. The normalized spacial score (nSPS) is 18.7. The van der Waals surface area contributed by atoms with Gasteiger partial charge >= 0.3 is 0 Å². The summed E-state index contributed by atoms with van der Waals surface area (Å²) in [4.78, 5) is 4.85. The molecule has 2 unspecified atom stereocenters. The molecular formula is C23H30Cl2N2O. The highest BCUT2D eigenvalue weighted by molar-refractivity contribution is 6.31. The maximum atomic E-state index is 11.3. The minimum absolute atomic E-state index is 0.186. The van der Waals surface area contributed by atoms with E-state index in [1.165, 1.54) is 5.69 Å². The molecule has 5 heteroatoms. The van der Waals surface area contributed by atoms with Crippen LogP contribution in [0, 0.1) is 5.92 Å². The van der Waals surface area contributed by atoms with E-state index in [0.29, 0.717) is 6.42 Å². The molecule has 0 radical (unpaired) electrons. The summed E-state index contributed by atoms with van der Waals surface area (Å²) in [5.41, 5.74) is 1.61. The first-order chi connectivity index (χ1) is 13.4. The number of hydrogen-bond acceptors (Lipinski definition) is 3. The summed E-state index contributed by atoms with van der Waals surface area (Å²) < 4.78 is 0. The van der Waals surface area contributed by atoms with Gasteiger partial charge in [0.2, 0.25) is 0 Å². The summed E-state index contributed by atoms with van der Waals surface area (Å²) in [5.74, 6) is 0.186. The molecule has 0 bridgehead atoms. The molecule has 2 atom stereocenters. The lowest BCUT2D eigenvalue weighted by Crippen LogP contribution is -2.51. The number of anilines is 1. The van der Waals surface area contributed by atoms with Crippen molar-refractivity contribution in [1.29, 1.82) is 0 Å². The van der Waals surface area contributed by atoms with Crippen LogP contribution in [0.3, 0.4) is 0 Å². The lowest BCUT2D eigenvalue weighted by atomic mass is 9.80. The molecule has 1 N–H and O–H groups in total. The molecule has 1 heterocycles. The van der Waals surface area contributed by atoms with Crippen molar-refractivity contribution in [2.45, 2.75) is 32.3 Å². The largest absolute Gasteiger partial charge is 0.389 e. The summed E-state index contributed by atoms with van der Waals surface area (Å²) in [5, 5.41) is 12.8. The van der Waals surface area contributed by atoms with Gasteiger partial charge in [0, 0.05) is 54.9 Å². The average Bonchev–Trinajstić information content (AvgIpc) is 2.70. The van der Waals surface area contributed by atoms with Crippen LogP contribution >= 0.6 is 23.2 Å². The highest BCUT2D eigenvalue weighted by Gasteiger charge is 2.33. The second-order valence-corrected chi connectivity index (χ2v) is 8.80. The first-order valence-corrected chi connectivity index (χ1v) is 10.8. The molecule has 2 aromatic carbocycles. The second-order valence-electron chi connectivity index (χ2n) is 7.93. The van der Waals surface area contributed by atoms with Crippen LogP contribution in [-0.4, -0.2) is 48.3 Å². The predicted molar refractivity (Wildman–Crippen MR) is 120 cm³/mol. The van der Waals surface area contributed by atoms with Crippen LogP contribution in [0.2, 0.25) is 10.0 Å². The minimum Gasteiger partial charge on any atom is -0.389 e. The van der Waals surface area contributed by atoms with Gasteiger partial charge in [0.1, 0.15) is 0 Å². The van der Waals surface area contributed by atoms with Crippen molar-refractivity contribution in [3.8, 4) is 0 Å². The summed E-state index contributed by atoms with van der Waals surface area (Å²) in [7, 11) is 0. The fraction of sp³-hybridized carbons (Fsp3) is 0.478. The van der Waals surface area contributed by atoms with Crippen molar-refractivity contribution in [3.05, 3.63) is 64.1 Å². The molecule has 1 fully saturated rings. The van der Waals surface area contributed by atoms with Crippen LogP contribution in [0.25, 0.3) is 0 Å². The van der Waals surface area contributed by atoms with Crippen LogP contribution in [0.1, 0.15) is 25.8 Å². The summed E-state index contributed by atoms with van der Waals surface area (Å²) in [6, 6.07) is 15.9. The van der Waals surface area contributed by atoms with Gasteiger partial charge in [-0.3, -0.25) is 4.90 Å². The van der Waals surface area contributed by atoms with E-state index >= 15 is 0 Å². The van der Waals surface area contributed by atoms with E-state index in [1.807, 2.05) is 42.5 Å². The Labute approximate surface area is 178 Å². The molecule has 3 rings (SSSR count). The van der Waals surface area contributed by atoms with Crippen LogP contribution in [0.4, 0.5) is 5.69 Å². The molecule has 2 aromatic rings. The Morgan fingerprint density at radius 1 is 1.00 bits per heavy atom. The quantitative estimate of drug-likeness (QED) is 0.671. The van der Waals surface area contributed by atoms with Gasteiger partial charge in [-0.25, -0.2) is 0 Å². The highest BCUT2D eigenvalue weighted by Crippen LogP contribution is 2.28. The second kappa shape index (κ2) is 9.49. The zero-order valence-corrected chi connectivity index (χ0v) is 18.3. The molecule has 1 saturated heterocycles. The van der Waals surface area contributed by atoms with Gasteiger partial charge in [-0.15, -0.1) is 0 Å². The summed E-state index contributed by atoms with van der Waals surface area (Å²) in [6.07, 6.45) is 1.39. The van der Waals surface area contributed by atoms with E-state index in [1.54, 1.807) is 0 Å². The van der Waals surface area contributed by atoms with Crippen molar-refractivity contribution >= 4 is 28.9 Å². The molecule has 0 saturated carbocycles. The van der Waals surface area contributed by atoms with Gasteiger partial charge in [0.05, 0.1) is 5.60 Å². The SMILES string of the molecule is CCC(O)(Cc1ccc(Cl)cc1)C(C)CN1CCN(c2cccc(Cl)c2)CC1. The van der Waals surface area contributed by atoms with Gasteiger partial charge < -0.3 is 10.0 Å². The van der Waals surface area contributed by atoms with E-state index in [9.17, 15) is 5.11 Å². The predicted octanol–water partition coefficient (Wildman–Crippen LogP) is 5.14. The Hall–Kier alpha value is -1.26. The van der Waals surface area contributed by atoms with Crippen LogP contribution in [0.5, 0.6) is 0 Å². The molecule has 1 aliphatic heterocycles. The third-order valence-corrected chi connectivity index (χ3v) is 6.52. The van der Waals surface area contributed by atoms with E-state index in [4.69, 9.17) is 23.2 Å². The molecule has 0 aliphatic carbocycles. The standard InChI is InChI=1S/C23H30Cl2N2O/c1-3-23(28,16-19-7-9-20(24)10-8-19)18(2)17-26-11-13-27(14-12-26)22-6-4-5-21(25)15-22/h4-10,15,18,28H,3,11-14,16-17H2,1-2H3. The van der Waals surface area contributed by atoms with E-state index in [0.717, 1.165) is 54.8 Å². The fourth-order valence-electron chi connectivity index (χ4n) is 4.02. The molecule has 1 aliphatic rings. The van der Waals surface area contributed by atoms with Crippen molar-refractivity contribution in [2.75, 3.05) is 37.6 Å².